The Bertz CT molecular complexity index is 829. The molecule has 1 aromatic carbocycles. The largest absolute Gasteiger partial charge is 0.397 e. The number of aliphatic hydroxyl groups is 2. The van der Waals surface area contributed by atoms with Gasteiger partial charge in [-0.05, 0) is 18.6 Å². The fourth-order valence-electron chi connectivity index (χ4n) is 3.33. The summed E-state index contributed by atoms with van der Waals surface area (Å²) in [4.78, 5) is 16.5. The number of amides is 1. The second kappa shape index (κ2) is 7.77. The molecule has 2 unspecified atom stereocenters. The first-order valence-electron chi connectivity index (χ1n) is 8.79. The summed E-state index contributed by atoms with van der Waals surface area (Å²) < 4.78 is 21.5. The van der Waals surface area contributed by atoms with Crippen LogP contribution in [0, 0.1) is 5.82 Å². The van der Waals surface area contributed by atoms with Gasteiger partial charge in [-0.3, -0.25) is 9.36 Å². The maximum atomic E-state index is 14.4. The fourth-order valence-corrected chi connectivity index (χ4v) is 3.33. The average molecular weight is 381 g/mol. The van der Waals surface area contributed by atoms with Crippen LogP contribution < -0.4 is 16.8 Å². The number of carbonyl (C=O) groups is 1. The summed E-state index contributed by atoms with van der Waals surface area (Å²) in [6.07, 6.45) is -0.632. The molecular formula is C17H24FN5O4. The molecule has 1 saturated heterocycles. The molecule has 0 bridgehead atoms. The van der Waals surface area contributed by atoms with Gasteiger partial charge in [0.25, 0.3) is 0 Å². The van der Waals surface area contributed by atoms with Gasteiger partial charge in [0.1, 0.15) is 35.1 Å². The molecule has 3 rings (SSSR count). The van der Waals surface area contributed by atoms with Crippen LogP contribution in [0.2, 0.25) is 0 Å². The van der Waals surface area contributed by atoms with Gasteiger partial charge in [0, 0.05) is 0 Å². The van der Waals surface area contributed by atoms with E-state index in [0.29, 0.717) is 6.42 Å². The SMILES string of the molecule is CCCC(N)C(=O)NC1[C@@H](O)[C@@H](CO)O[C@H]1n1cnc2c(N)ccc(F)c21. The smallest absolute Gasteiger partial charge is 0.237 e. The van der Waals surface area contributed by atoms with Gasteiger partial charge in [0.15, 0.2) is 6.23 Å². The van der Waals surface area contributed by atoms with Gasteiger partial charge in [0.05, 0.1) is 24.7 Å². The number of nitrogens with one attached hydrogen (secondary N) is 1. The molecule has 1 amide bonds. The number of hydrogen-bond donors (Lipinski definition) is 5. The van der Waals surface area contributed by atoms with E-state index in [1.165, 1.54) is 23.0 Å². The summed E-state index contributed by atoms with van der Waals surface area (Å²) in [7, 11) is 0. The van der Waals surface area contributed by atoms with E-state index in [1.807, 2.05) is 6.92 Å². The first-order chi connectivity index (χ1) is 12.9. The Morgan fingerprint density at radius 2 is 2.26 bits per heavy atom. The van der Waals surface area contributed by atoms with E-state index in [9.17, 15) is 19.4 Å². The minimum absolute atomic E-state index is 0.0860. The van der Waals surface area contributed by atoms with Crippen molar-refractivity contribution in [3.05, 3.63) is 24.3 Å². The van der Waals surface area contributed by atoms with Crippen LogP contribution in [-0.2, 0) is 9.53 Å². The highest BCUT2D eigenvalue weighted by Crippen LogP contribution is 2.34. The minimum Gasteiger partial charge on any atom is -0.397 e. The van der Waals surface area contributed by atoms with E-state index in [2.05, 4.69) is 10.3 Å². The topological polar surface area (TPSA) is 149 Å². The number of anilines is 1. The van der Waals surface area contributed by atoms with Crippen LogP contribution in [-0.4, -0.2) is 56.6 Å². The number of fused-ring (bicyclic) bond motifs is 1. The number of carbonyl (C=O) groups excluding carboxylic acids is 1. The van der Waals surface area contributed by atoms with E-state index in [0.717, 1.165) is 6.42 Å². The first kappa shape index (κ1) is 19.5. The second-order valence-corrected chi connectivity index (χ2v) is 6.65. The maximum Gasteiger partial charge on any atom is 0.237 e. The summed E-state index contributed by atoms with van der Waals surface area (Å²) in [5, 5.41) is 22.6. The summed E-state index contributed by atoms with van der Waals surface area (Å²) in [5.74, 6) is -1.03. The quantitative estimate of drug-likeness (QED) is 0.428. The van der Waals surface area contributed by atoms with Crippen LogP contribution in [0.4, 0.5) is 10.1 Å². The number of aliphatic hydroxyl groups excluding tert-OH is 2. The Balaban J connectivity index is 1.97. The Labute approximate surface area is 155 Å². The van der Waals surface area contributed by atoms with Crippen LogP contribution in [0.1, 0.15) is 26.0 Å². The van der Waals surface area contributed by atoms with Crippen LogP contribution >= 0.6 is 0 Å². The number of imidazole rings is 1. The van der Waals surface area contributed by atoms with E-state index >= 15 is 0 Å². The van der Waals surface area contributed by atoms with E-state index in [4.69, 9.17) is 16.2 Å². The Kier molecular flexibility index (Phi) is 5.61. The molecule has 2 aromatic rings. The van der Waals surface area contributed by atoms with Crippen molar-refractivity contribution < 1.29 is 24.1 Å². The number of ether oxygens (including phenoxy) is 1. The van der Waals surface area contributed by atoms with E-state index in [1.54, 1.807) is 0 Å². The van der Waals surface area contributed by atoms with Crippen molar-refractivity contribution in [1.29, 1.82) is 0 Å². The lowest BCUT2D eigenvalue weighted by Crippen LogP contribution is -2.51. The van der Waals surface area contributed by atoms with Gasteiger partial charge in [-0.1, -0.05) is 13.3 Å². The molecule has 9 nitrogen and oxygen atoms in total. The molecule has 0 spiro atoms. The van der Waals surface area contributed by atoms with Crippen molar-refractivity contribution in [2.45, 2.75) is 50.3 Å². The molecule has 0 saturated carbocycles. The fraction of sp³-hybridized carbons (Fsp3) is 0.529. The highest BCUT2D eigenvalue weighted by atomic mass is 19.1. The number of nitrogen functional groups attached to an aromatic ring is 1. The summed E-state index contributed by atoms with van der Waals surface area (Å²) in [6, 6.07) is 0.910. The number of aromatic nitrogens is 2. The summed E-state index contributed by atoms with van der Waals surface area (Å²) in [5.41, 5.74) is 12.3. The van der Waals surface area contributed by atoms with E-state index < -0.39 is 48.9 Å². The van der Waals surface area contributed by atoms with Crippen LogP contribution in [0.3, 0.4) is 0 Å². The van der Waals surface area contributed by atoms with Crippen molar-refractivity contribution in [1.82, 2.24) is 14.9 Å². The molecule has 7 N–H and O–H groups in total. The highest BCUT2D eigenvalue weighted by molar-refractivity contribution is 5.87. The first-order valence-corrected chi connectivity index (χ1v) is 8.79. The van der Waals surface area contributed by atoms with Gasteiger partial charge in [-0.15, -0.1) is 0 Å². The molecule has 10 heteroatoms. The van der Waals surface area contributed by atoms with Gasteiger partial charge < -0.3 is 31.7 Å². The van der Waals surface area contributed by atoms with Gasteiger partial charge in [-0.25, -0.2) is 9.37 Å². The zero-order valence-corrected chi connectivity index (χ0v) is 14.9. The third kappa shape index (κ3) is 3.48. The van der Waals surface area contributed by atoms with E-state index in [-0.39, 0.29) is 16.7 Å². The lowest BCUT2D eigenvalue weighted by molar-refractivity contribution is -0.124. The molecule has 1 aliphatic rings. The average Bonchev–Trinajstić information content (AvgIpc) is 3.21. The molecule has 1 fully saturated rings. The predicted molar refractivity (Wildman–Crippen MR) is 95.9 cm³/mol. The summed E-state index contributed by atoms with van der Waals surface area (Å²) in [6.45, 7) is 1.43. The maximum absolute atomic E-state index is 14.4. The number of nitrogens with zero attached hydrogens (tertiary/aromatic N) is 2. The minimum atomic E-state index is -1.21. The monoisotopic (exact) mass is 381 g/mol. The molecular weight excluding hydrogens is 357 g/mol. The molecule has 5 atom stereocenters. The third-order valence-corrected chi connectivity index (χ3v) is 4.77. The molecule has 0 aliphatic carbocycles. The highest BCUT2D eigenvalue weighted by Gasteiger charge is 2.46. The van der Waals surface area contributed by atoms with Crippen molar-refractivity contribution in [2.75, 3.05) is 12.3 Å². The van der Waals surface area contributed by atoms with Crippen molar-refractivity contribution in [3.8, 4) is 0 Å². The molecule has 2 heterocycles. The zero-order valence-electron chi connectivity index (χ0n) is 14.9. The van der Waals surface area contributed by atoms with Crippen molar-refractivity contribution >= 4 is 22.6 Å². The predicted octanol–water partition coefficient (Wildman–Crippen LogP) is -0.380. The van der Waals surface area contributed by atoms with Gasteiger partial charge in [0.2, 0.25) is 5.91 Å². The summed E-state index contributed by atoms with van der Waals surface area (Å²) >= 11 is 0. The zero-order chi connectivity index (χ0) is 19.7. The normalized spacial score (nSPS) is 26.4. The number of halogens is 1. The number of benzene rings is 1. The third-order valence-electron chi connectivity index (χ3n) is 4.77. The molecule has 1 aromatic heterocycles. The van der Waals surface area contributed by atoms with Crippen molar-refractivity contribution in [3.63, 3.8) is 0 Å². The van der Waals surface area contributed by atoms with Crippen LogP contribution in [0.15, 0.2) is 18.5 Å². The van der Waals surface area contributed by atoms with Gasteiger partial charge >= 0.3 is 0 Å². The van der Waals surface area contributed by atoms with Crippen molar-refractivity contribution in [2.24, 2.45) is 5.73 Å². The van der Waals surface area contributed by atoms with Crippen LogP contribution in [0.5, 0.6) is 0 Å². The lowest BCUT2D eigenvalue weighted by atomic mass is 10.1. The lowest BCUT2D eigenvalue weighted by Gasteiger charge is -2.24. The molecule has 27 heavy (non-hydrogen) atoms. The van der Waals surface area contributed by atoms with Gasteiger partial charge in [-0.2, -0.15) is 0 Å². The molecule has 1 aliphatic heterocycles. The van der Waals surface area contributed by atoms with Crippen LogP contribution in [0.25, 0.3) is 11.0 Å². The number of nitrogens with two attached hydrogens (primary N) is 2. The number of hydrogen-bond acceptors (Lipinski definition) is 7. The Hall–Kier alpha value is -2.27. The standard InChI is InChI=1S/C17H24FN5O4/c1-2-3-10(20)16(26)22-13-15(25)11(6-24)27-17(13)23-7-21-12-9(19)5-4-8(18)14(12)23/h4-5,7,10-11,13,15,17,24-25H,2-3,6,19-20H2,1H3,(H,22,26)/t10?,11-,13?,15+,17-/m1/s1. The number of rotatable bonds is 6. The Morgan fingerprint density at radius 3 is 2.93 bits per heavy atom. The Morgan fingerprint density at radius 1 is 1.52 bits per heavy atom. The molecule has 0 radical (unpaired) electrons. The molecule has 148 valence electrons. The second-order valence-electron chi connectivity index (χ2n) is 6.65.